The number of hydrogen-bond donors (Lipinski definition) is 1. The molecule has 7 heteroatoms. The van der Waals surface area contributed by atoms with Crippen LogP contribution < -0.4 is 5.32 Å². The van der Waals surface area contributed by atoms with Crippen molar-refractivity contribution in [1.82, 2.24) is 24.9 Å². The lowest BCUT2D eigenvalue weighted by Crippen LogP contribution is -2.54. The van der Waals surface area contributed by atoms with Gasteiger partial charge in [-0.3, -0.25) is 19.6 Å². The zero-order chi connectivity index (χ0) is 19.8. The number of nitrogens with zero attached hydrogens (tertiary/aromatic N) is 5. The summed E-state index contributed by atoms with van der Waals surface area (Å²) in [7, 11) is 0. The minimum atomic E-state index is 0.309. The van der Waals surface area contributed by atoms with Crippen LogP contribution in [0.2, 0.25) is 0 Å². The van der Waals surface area contributed by atoms with Crippen molar-refractivity contribution >= 4 is 11.9 Å². The van der Waals surface area contributed by atoms with Gasteiger partial charge in [0.05, 0.1) is 13.1 Å². The third kappa shape index (κ3) is 5.83. The molecule has 0 aliphatic carbocycles. The number of piperidine rings is 1. The second kappa shape index (κ2) is 11.0. The number of carbonyl (C=O) groups is 1. The van der Waals surface area contributed by atoms with Gasteiger partial charge in [0.1, 0.15) is 0 Å². The van der Waals surface area contributed by atoms with Crippen LogP contribution in [-0.4, -0.2) is 110 Å². The molecule has 1 N–H and O–H groups in total. The van der Waals surface area contributed by atoms with Crippen LogP contribution >= 0.6 is 0 Å². The Kier molecular flexibility index (Phi) is 8.40. The van der Waals surface area contributed by atoms with Crippen LogP contribution in [0.25, 0.3) is 0 Å². The van der Waals surface area contributed by atoms with Crippen molar-refractivity contribution in [2.24, 2.45) is 4.99 Å². The fourth-order valence-corrected chi connectivity index (χ4v) is 4.68. The summed E-state index contributed by atoms with van der Waals surface area (Å²) in [6, 6.07) is 0.590. The number of guanidine groups is 1. The van der Waals surface area contributed by atoms with E-state index in [0.717, 1.165) is 64.9 Å². The monoisotopic (exact) mass is 392 g/mol. The minimum absolute atomic E-state index is 0.309. The Morgan fingerprint density at radius 3 is 2.32 bits per heavy atom. The Bertz CT molecular complexity index is 511. The zero-order valence-corrected chi connectivity index (χ0v) is 18.0. The van der Waals surface area contributed by atoms with Crippen molar-refractivity contribution in [3.05, 3.63) is 0 Å². The van der Waals surface area contributed by atoms with Gasteiger partial charge in [0.2, 0.25) is 5.91 Å². The average Bonchev–Trinajstić information content (AvgIpc) is 3.27. The molecule has 0 aromatic rings. The van der Waals surface area contributed by atoms with Crippen LogP contribution in [0, 0.1) is 0 Å². The molecule has 3 aliphatic heterocycles. The normalized spacial score (nSPS) is 25.4. The Labute approximate surface area is 171 Å². The molecule has 3 rings (SSSR count). The second-order valence-electron chi connectivity index (χ2n) is 8.32. The van der Waals surface area contributed by atoms with Crippen LogP contribution in [0.3, 0.4) is 0 Å². The summed E-state index contributed by atoms with van der Waals surface area (Å²) < 4.78 is 0. The van der Waals surface area contributed by atoms with Crippen molar-refractivity contribution in [2.75, 3.05) is 72.0 Å². The number of nitrogens with one attached hydrogen (secondary N) is 1. The predicted octanol–water partition coefficient (Wildman–Crippen LogP) is 1.07. The summed E-state index contributed by atoms with van der Waals surface area (Å²) in [5.74, 6) is 1.36. The maximum atomic E-state index is 12.4. The Morgan fingerprint density at radius 1 is 0.929 bits per heavy atom. The number of likely N-dealkylation sites (N-methyl/N-ethyl adjacent to an activating group) is 1. The lowest BCUT2D eigenvalue weighted by molar-refractivity contribution is -0.131. The van der Waals surface area contributed by atoms with Crippen LogP contribution in [0.15, 0.2) is 4.99 Å². The molecule has 7 nitrogen and oxygen atoms in total. The average molecular weight is 393 g/mol. The lowest BCUT2D eigenvalue weighted by Gasteiger charge is -2.37. The van der Waals surface area contributed by atoms with E-state index in [9.17, 15) is 4.79 Å². The maximum Gasteiger partial charge on any atom is 0.236 e. The van der Waals surface area contributed by atoms with E-state index in [1.807, 2.05) is 4.90 Å². The summed E-state index contributed by atoms with van der Waals surface area (Å²) >= 11 is 0. The summed E-state index contributed by atoms with van der Waals surface area (Å²) in [4.78, 5) is 26.7. The zero-order valence-electron chi connectivity index (χ0n) is 18.0. The number of likely N-dealkylation sites (tertiary alicyclic amines) is 2. The SMILES string of the molecule is CCNC(=NCC1CCCCN1CC)N1CCN(CC(=O)N2CCCC2)CC1. The van der Waals surface area contributed by atoms with E-state index in [1.165, 1.54) is 38.6 Å². The van der Waals surface area contributed by atoms with E-state index in [-0.39, 0.29) is 0 Å². The number of aliphatic imine (C=N–C) groups is 1. The highest BCUT2D eigenvalue weighted by atomic mass is 16.2. The second-order valence-corrected chi connectivity index (χ2v) is 8.32. The molecule has 3 fully saturated rings. The first-order valence-corrected chi connectivity index (χ1v) is 11.5. The van der Waals surface area contributed by atoms with E-state index < -0.39 is 0 Å². The molecule has 0 saturated carbocycles. The van der Waals surface area contributed by atoms with Gasteiger partial charge in [0.15, 0.2) is 5.96 Å². The van der Waals surface area contributed by atoms with Gasteiger partial charge in [-0.25, -0.2) is 0 Å². The molecule has 28 heavy (non-hydrogen) atoms. The topological polar surface area (TPSA) is 54.4 Å². The first-order chi connectivity index (χ1) is 13.7. The highest BCUT2D eigenvalue weighted by Crippen LogP contribution is 2.17. The molecule has 1 amide bonds. The van der Waals surface area contributed by atoms with Gasteiger partial charge in [0.25, 0.3) is 0 Å². The summed E-state index contributed by atoms with van der Waals surface area (Å²) in [6.45, 7) is 14.8. The number of piperazine rings is 1. The maximum absolute atomic E-state index is 12.4. The van der Waals surface area contributed by atoms with Crippen molar-refractivity contribution in [3.8, 4) is 0 Å². The molecule has 0 spiro atoms. The third-order valence-electron chi connectivity index (χ3n) is 6.43. The summed E-state index contributed by atoms with van der Waals surface area (Å²) in [6.07, 6.45) is 6.25. The molecule has 0 aromatic heterocycles. The van der Waals surface area contributed by atoms with Crippen LogP contribution in [0.5, 0.6) is 0 Å². The van der Waals surface area contributed by atoms with Crippen LogP contribution in [0.4, 0.5) is 0 Å². The van der Waals surface area contributed by atoms with Gasteiger partial charge < -0.3 is 15.1 Å². The lowest BCUT2D eigenvalue weighted by atomic mass is 10.0. The van der Waals surface area contributed by atoms with Crippen molar-refractivity contribution in [1.29, 1.82) is 0 Å². The predicted molar refractivity (Wildman–Crippen MR) is 115 cm³/mol. The quantitative estimate of drug-likeness (QED) is 0.541. The first kappa shape index (κ1) is 21.4. The Morgan fingerprint density at radius 2 is 1.64 bits per heavy atom. The highest BCUT2D eigenvalue weighted by Gasteiger charge is 2.25. The standard InChI is InChI=1S/C21H40N6O/c1-3-22-21(23-17-19-9-5-6-10-25(19)4-2)27-15-13-24(14-16-27)18-20(28)26-11-7-8-12-26/h19H,3-18H2,1-2H3,(H,22,23). The van der Waals surface area contributed by atoms with E-state index in [2.05, 4.69) is 33.9 Å². The summed E-state index contributed by atoms with van der Waals surface area (Å²) in [5, 5.41) is 3.49. The van der Waals surface area contributed by atoms with Gasteiger partial charge in [-0.2, -0.15) is 0 Å². The molecular formula is C21H40N6O. The number of carbonyl (C=O) groups excluding carboxylic acids is 1. The fourth-order valence-electron chi connectivity index (χ4n) is 4.68. The molecule has 3 saturated heterocycles. The molecule has 3 heterocycles. The third-order valence-corrected chi connectivity index (χ3v) is 6.43. The van der Waals surface area contributed by atoms with E-state index in [1.54, 1.807) is 0 Å². The molecule has 1 atom stereocenters. The molecule has 1 unspecified atom stereocenters. The van der Waals surface area contributed by atoms with E-state index in [4.69, 9.17) is 4.99 Å². The number of amides is 1. The van der Waals surface area contributed by atoms with Gasteiger partial charge in [-0.15, -0.1) is 0 Å². The van der Waals surface area contributed by atoms with Gasteiger partial charge >= 0.3 is 0 Å². The molecule has 0 radical (unpaired) electrons. The molecule has 0 aromatic carbocycles. The largest absolute Gasteiger partial charge is 0.357 e. The number of hydrogen-bond acceptors (Lipinski definition) is 4. The molecule has 0 bridgehead atoms. The number of rotatable bonds is 6. The highest BCUT2D eigenvalue weighted by molar-refractivity contribution is 5.80. The molecular weight excluding hydrogens is 352 g/mol. The summed E-state index contributed by atoms with van der Waals surface area (Å²) in [5.41, 5.74) is 0. The fraction of sp³-hybridized carbons (Fsp3) is 0.905. The van der Waals surface area contributed by atoms with Gasteiger partial charge in [0, 0.05) is 51.9 Å². The van der Waals surface area contributed by atoms with Gasteiger partial charge in [-0.1, -0.05) is 13.3 Å². The van der Waals surface area contributed by atoms with Crippen LogP contribution in [-0.2, 0) is 4.79 Å². The Hall–Kier alpha value is -1.34. The minimum Gasteiger partial charge on any atom is -0.357 e. The molecule has 160 valence electrons. The Balaban J connectivity index is 1.48. The van der Waals surface area contributed by atoms with Crippen molar-refractivity contribution < 1.29 is 4.79 Å². The van der Waals surface area contributed by atoms with Gasteiger partial charge in [-0.05, 0) is 45.7 Å². The van der Waals surface area contributed by atoms with Crippen LogP contribution in [0.1, 0.15) is 46.0 Å². The molecule has 3 aliphatic rings. The first-order valence-electron chi connectivity index (χ1n) is 11.5. The van der Waals surface area contributed by atoms with Crippen molar-refractivity contribution in [2.45, 2.75) is 52.0 Å². The van der Waals surface area contributed by atoms with E-state index in [0.29, 0.717) is 18.5 Å². The van der Waals surface area contributed by atoms with E-state index >= 15 is 0 Å². The smallest absolute Gasteiger partial charge is 0.236 e. The van der Waals surface area contributed by atoms with Crippen molar-refractivity contribution in [3.63, 3.8) is 0 Å².